The van der Waals surface area contributed by atoms with Crippen molar-refractivity contribution in [2.45, 2.75) is 47.5 Å². The van der Waals surface area contributed by atoms with Gasteiger partial charge in [0, 0.05) is 49.7 Å². The Morgan fingerprint density at radius 1 is 1.03 bits per heavy atom. The zero-order valence-electron chi connectivity index (χ0n) is 18.8. The van der Waals surface area contributed by atoms with Crippen LogP contribution in [-0.4, -0.2) is 52.8 Å². The number of hydrogen-bond donors (Lipinski definition) is 0. The van der Waals surface area contributed by atoms with E-state index in [0.29, 0.717) is 12.4 Å². The van der Waals surface area contributed by atoms with E-state index in [-0.39, 0.29) is 5.91 Å². The maximum atomic E-state index is 12.9. The molecule has 1 aliphatic rings. The Morgan fingerprint density at radius 3 is 2.40 bits per heavy atom. The van der Waals surface area contributed by atoms with E-state index in [0.717, 1.165) is 49.8 Å². The van der Waals surface area contributed by atoms with E-state index in [1.54, 1.807) is 0 Å². The predicted octanol–water partition coefficient (Wildman–Crippen LogP) is 4.30. The summed E-state index contributed by atoms with van der Waals surface area (Å²) in [4.78, 5) is 26.6. The number of aryl methyl sites for hydroxylation is 3. The summed E-state index contributed by atoms with van der Waals surface area (Å²) in [6, 6.07) is 8.64. The van der Waals surface area contributed by atoms with E-state index in [2.05, 4.69) is 48.0 Å². The lowest BCUT2D eigenvalue weighted by Gasteiger charge is -2.30. The van der Waals surface area contributed by atoms with Gasteiger partial charge in [0.05, 0.1) is 5.41 Å². The Hall–Kier alpha value is -2.14. The number of halogens is 1. The summed E-state index contributed by atoms with van der Waals surface area (Å²) < 4.78 is 0. The van der Waals surface area contributed by atoms with Gasteiger partial charge >= 0.3 is 0 Å². The van der Waals surface area contributed by atoms with Crippen LogP contribution in [0.25, 0.3) is 0 Å². The lowest BCUT2D eigenvalue weighted by molar-refractivity contribution is -0.139. The number of benzene rings is 1. The van der Waals surface area contributed by atoms with Crippen LogP contribution in [0.1, 0.15) is 48.5 Å². The van der Waals surface area contributed by atoms with E-state index in [9.17, 15) is 4.79 Å². The Labute approximate surface area is 185 Å². The van der Waals surface area contributed by atoms with Gasteiger partial charge in [-0.3, -0.25) is 4.79 Å². The summed E-state index contributed by atoms with van der Waals surface area (Å²) in [5.74, 6) is 2.26. The highest BCUT2D eigenvalue weighted by atomic mass is 35.5. The van der Waals surface area contributed by atoms with Crippen LogP contribution < -0.4 is 4.90 Å². The predicted molar refractivity (Wildman–Crippen MR) is 123 cm³/mol. The first-order valence-corrected chi connectivity index (χ1v) is 11.2. The first kappa shape index (κ1) is 22.5. The molecule has 1 aromatic carbocycles. The zero-order chi connectivity index (χ0) is 21.9. The summed E-state index contributed by atoms with van der Waals surface area (Å²) in [5.41, 5.74) is 4.18. The van der Waals surface area contributed by atoms with Crippen LogP contribution in [-0.2, 0) is 11.2 Å². The van der Waals surface area contributed by atoms with Crippen LogP contribution in [0, 0.1) is 26.2 Å². The molecule has 1 saturated heterocycles. The molecule has 162 valence electrons. The highest BCUT2D eigenvalue weighted by Gasteiger charge is 2.32. The second-order valence-electron chi connectivity index (χ2n) is 8.97. The molecule has 1 aliphatic heterocycles. The first-order valence-electron chi connectivity index (χ1n) is 10.7. The average Bonchev–Trinajstić information content (AvgIpc) is 2.96. The monoisotopic (exact) mass is 428 g/mol. The van der Waals surface area contributed by atoms with Crippen LogP contribution in [0.4, 0.5) is 5.82 Å². The minimum absolute atomic E-state index is 0.134. The van der Waals surface area contributed by atoms with Crippen molar-refractivity contribution in [2.75, 3.05) is 37.0 Å². The number of nitrogens with zero attached hydrogens (tertiary/aromatic N) is 4. The molecule has 0 aliphatic carbocycles. The van der Waals surface area contributed by atoms with Gasteiger partial charge in [-0.05, 0) is 46.6 Å². The summed E-state index contributed by atoms with van der Waals surface area (Å²) in [6.07, 6.45) is 1.72. The van der Waals surface area contributed by atoms with Crippen molar-refractivity contribution in [3.63, 3.8) is 0 Å². The van der Waals surface area contributed by atoms with Crippen molar-refractivity contribution in [1.82, 2.24) is 14.9 Å². The van der Waals surface area contributed by atoms with Gasteiger partial charge in [-0.15, -0.1) is 11.6 Å². The molecular weight excluding hydrogens is 396 g/mol. The lowest BCUT2D eigenvalue weighted by Crippen LogP contribution is -2.43. The second-order valence-corrected chi connectivity index (χ2v) is 9.24. The lowest BCUT2D eigenvalue weighted by atomic mass is 9.94. The largest absolute Gasteiger partial charge is 0.354 e. The van der Waals surface area contributed by atoms with Gasteiger partial charge < -0.3 is 9.80 Å². The molecule has 5 nitrogen and oxygen atoms in total. The second kappa shape index (κ2) is 9.34. The third-order valence-electron chi connectivity index (χ3n) is 5.80. The third kappa shape index (κ3) is 5.12. The topological polar surface area (TPSA) is 49.3 Å². The quantitative estimate of drug-likeness (QED) is 0.666. The smallest absolute Gasteiger partial charge is 0.229 e. The molecule has 2 aromatic rings. The van der Waals surface area contributed by atoms with Crippen LogP contribution in [0.15, 0.2) is 24.3 Å². The van der Waals surface area contributed by atoms with Crippen molar-refractivity contribution in [3.05, 3.63) is 52.5 Å². The fourth-order valence-corrected chi connectivity index (χ4v) is 4.03. The van der Waals surface area contributed by atoms with Crippen molar-refractivity contribution < 1.29 is 4.79 Å². The maximum Gasteiger partial charge on any atom is 0.229 e. The average molecular weight is 429 g/mol. The van der Waals surface area contributed by atoms with Gasteiger partial charge in [-0.2, -0.15) is 0 Å². The number of rotatable bonds is 5. The van der Waals surface area contributed by atoms with Crippen molar-refractivity contribution in [2.24, 2.45) is 5.41 Å². The number of anilines is 1. The minimum atomic E-state index is -0.532. The van der Waals surface area contributed by atoms with Crippen LogP contribution in [0.3, 0.4) is 0 Å². The van der Waals surface area contributed by atoms with E-state index < -0.39 is 5.41 Å². The summed E-state index contributed by atoms with van der Waals surface area (Å²) >= 11 is 6.04. The number of aromatic nitrogens is 2. The molecule has 0 radical (unpaired) electrons. The number of hydrogen-bond acceptors (Lipinski definition) is 4. The number of carbonyl (C=O) groups excluding carboxylic acids is 1. The van der Waals surface area contributed by atoms with E-state index in [1.165, 1.54) is 16.7 Å². The molecule has 1 amide bonds. The summed E-state index contributed by atoms with van der Waals surface area (Å²) in [6.45, 7) is 13.0. The molecule has 1 fully saturated rings. The fourth-order valence-electron chi connectivity index (χ4n) is 3.91. The van der Waals surface area contributed by atoms with Crippen molar-refractivity contribution >= 4 is 23.3 Å². The Balaban J connectivity index is 1.84. The molecule has 3 rings (SSSR count). The van der Waals surface area contributed by atoms with Crippen LogP contribution in [0.2, 0.25) is 0 Å². The molecule has 0 saturated carbocycles. The normalized spacial score (nSPS) is 15.3. The number of carbonyl (C=O) groups is 1. The maximum absolute atomic E-state index is 12.9. The molecule has 0 N–H and O–H groups in total. The van der Waals surface area contributed by atoms with Crippen LogP contribution >= 0.6 is 11.6 Å². The highest BCUT2D eigenvalue weighted by molar-refractivity contribution is 6.19. The first-order chi connectivity index (χ1) is 14.2. The molecule has 0 spiro atoms. The van der Waals surface area contributed by atoms with Crippen LogP contribution in [0.5, 0.6) is 0 Å². The Kier molecular flexibility index (Phi) is 7.02. The summed E-state index contributed by atoms with van der Waals surface area (Å²) in [7, 11) is 0. The van der Waals surface area contributed by atoms with E-state index >= 15 is 0 Å². The van der Waals surface area contributed by atoms with Gasteiger partial charge in [0.15, 0.2) is 0 Å². The highest BCUT2D eigenvalue weighted by Crippen LogP contribution is 2.27. The zero-order valence-corrected chi connectivity index (χ0v) is 19.6. The molecule has 0 unspecified atom stereocenters. The summed E-state index contributed by atoms with van der Waals surface area (Å²) in [5, 5.41) is 0. The van der Waals surface area contributed by atoms with Crippen molar-refractivity contribution in [1.29, 1.82) is 0 Å². The SMILES string of the molecule is Cc1ccc(Cc2c(C)nc(C)nc2N2CCCN(C(=O)C(C)(C)CCl)CC2)cc1. The van der Waals surface area contributed by atoms with Gasteiger partial charge in [-0.25, -0.2) is 9.97 Å². The fraction of sp³-hybridized carbons (Fsp3) is 0.542. The van der Waals surface area contributed by atoms with Gasteiger partial charge in [0.25, 0.3) is 0 Å². The Bertz CT molecular complexity index is 895. The molecule has 0 atom stereocenters. The molecule has 1 aromatic heterocycles. The number of amides is 1. The minimum Gasteiger partial charge on any atom is -0.354 e. The van der Waals surface area contributed by atoms with E-state index in [4.69, 9.17) is 16.6 Å². The molecule has 0 bridgehead atoms. The molecule has 30 heavy (non-hydrogen) atoms. The van der Waals surface area contributed by atoms with Gasteiger partial charge in [-0.1, -0.05) is 29.8 Å². The molecule has 6 heteroatoms. The van der Waals surface area contributed by atoms with E-state index in [1.807, 2.05) is 25.7 Å². The van der Waals surface area contributed by atoms with Crippen molar-refractivity contribution in [3.8, 4) is 0 Å². The Morgan fingerprint density at radius 2 is 1.73 bits per heavy atom. The van der Waals surface area contributed by atoms with Gasteiger partial charge in [0.2, 0.25) is 5.91 Å². The third-order valence-corrected chi connectivity index (χ3v) is 6.47. The molecular formula is C24H33ClN4O. The van der Waals surface area contributed by atoms with Gasteiger partial charge in [0.1, 0.15) is 11.6 Å². The molecule has 2 heterocycles. The standard InChI is InChI=1S/C24H33ClN4O/c1-17-7-9-20(10-8-17)15-21-18(2)26-19(3)27-22(21)28-11-6-12-29(14-13-28)23(30)24(4,5)16-25/h7-10H,6,11-16H2,1-5H3. The number of alkyl halides is 1.